The molecule has 1 unspecified atom stereocenters. The zero-order valence-electron chi connectivity index (χ0n) is 39.5. The molecule has 4 aromatic carbocycles. The predicted octanol–water partition coefficient (Wildman–Crippen LogP) is 6.41. The first kappa shape index (κ1) is 52.9. The maximum absolute atomic E-state index is 13.2. The van der Waals surface area contributed by atoms with Gasteiger partial charge in [0, 0.05) is 35.3 Å². The molecule has 0 saturated carbocycles. The molecule has 66 heavy (non-hydrogen) atoms. The molecule has 0 heterocycles. The summed E-state index contributed by atoms with van der Waals surface area (Å²) in [5.74, 6) is -3.73. The Morgan fingerprint density at radius 3 is 1.00 bits per heavy atom. The Morgan fingerprint density at radius 2 is 0.742 bits per heavy atom. The molecule has 0 fully saturated rings. The fraction of sp³-hybridized carbons (Fsp3) is 0.423. The van der Waals surface area contributed by atoms with E-state index in [1.54, 1.807) is 97.1 Å². The van der Waals surface area contributed by atoms with Crippen molar-refractivity contribution in [2.75, 3.05) is 27.2 Å². The first-order valence-electron chi connectivity index (χ1n) is 21.8. The molecule has 0 aromatic heterocycles. The fourth-order valence-electron chi connectivity index (χ4n) is 7.63. The summed E-state index contributed by atoms with van der Waals surface area (Å²) in [6, 6.07) is 26.1. The Labute approximate surface area is 386 Å². The van der Waals surface area contributed by atoms with E-state index in [0.717, 1.165) is 22.3 Å². The van der Waals surface area contributed by atoms with Crippen LogP contribution in [0.3, 0.4) is 0 Å². The standard InChI is InChI=1S/C52H64N2O12/c1-49(2,62)45(58)36-19-11-32(12-20-36)43(33-13-21-37(22-14-33)46(59)50(3,4)63)53(9)30-29-40(66-42(57)28-27-41(55)56)31-54(10)44(34-15-23-38(24-16-34)47(60)51(5,6)64)35-17-25-39(26-18-35)48(61)52(7,8)65/h11-26,40,43-44,62-65H,27-31H2,1-10H3,(H,55,56). The highest BCUT2D eigenvalue weighted by Crippen LogP contribution is 2.33. The molecule has 0 radical (unpaired) electrons. The number of aliphatic hydroxyl groups is 4. The predicted molar refractivity (Wildman–Crippen MR) is 249 cm³/mol. The third kappa shape index (κ3) is 14.1. The number of carbonyl (C=O) groups is 6. The lowest BCUT2D eigenvalue weighted by atomic mass is 9.90. The molecular weight excluding hydrogens is 845 g/mol. The molecule has 0 spiro atoms. The van der Waals surface area contributed by atoms with Gasteiger partial charge in [-0.15, -0.1) is 0 Å². The molecule has 0 aliphatic heterocycles. The Balaban J connectivity index is 1.74. The number of hydrogen-bond donors (Lipinski definition) is 5. The van der Waals surface area contributed by atoms with Crippen molar-refractivity contribution in [3.63, 3.8) is 0 Å². The second kappa shape index (κ2) is 21.3. The number of esters is 1. The summed E-state index contributed by atoms with van der Waals surface area (Å²) in [6.45, 7) is 11.7. The van der Waals surface area contributed by atoms with Crippen LogP contribution >= 0.6 is 0 Å². The molecule has 0 aliphatic carbocycles. The second-order valence-electron chi connectivity index (χ2n) is 19.1. The van der Waals surface area contributed by atoms with Gasteiger partial charge < -0.3 is 30.3 Å². The number of rotatable bonds is 23. The van der Waals surface area contributed by atoms with E-state index in [-0.39, 0.29) is 19.4 Å². The Morgan fingerprint density at radius 1 is 0.470 bits per heavy atom. The van der Waals surface area contributed by atoms with Crippen LogP contribution in [0.2, 0.25) is 0 Å². The molecule has 4 aromatic rings. The van der Waals surface area contributed by atoms with Crippen molar-refractivity contribution in [2.24, 2.45) is 0 Å². The number of benzene rings is 4. The highest BCUT2D eigenvalue weighted by molar-refractivity contribution is 6.03. The van der Waals surface area contributed by atoms with Gasteiger partial charge in [0.15, 0.2) is 23.1 Å². The lowest BCUT2D eigenvalue weighted by Gasteiger charge is -2.34. The highest BCUT2D eigenvalue weighted by atomic mass is 16.5. The van der Waals surface area contributed by atoms with E-state index < -0.39 is 82.1 Å². The molecule has 0 bridgehead atoms. The number of likely N-dealkylation sites (N-methyl/N-ethyl adjacent to an activating group) is 1. The van der Waals surface area contributed by atoms with Crippen LogP contribution in [-0.4, -0.2) is 126 Å². The molecular formula is C52H64N2O12. The van der Waals surface area contributed by atoms with E-state index >= 15 is 0 Å². The summed E-state index contributed by atoms with van der Waals surface area (Å²) < 4.78 is 6.02. The Hall–Kier alpha value is -5.74. The van der Waals surface area contributed by atoms with Crippen molar-refractivity contribution >= 4 is 35.1 Å². The molecule has 14 heteroatoms. The molecule has 5 N–H and O–H groups in total. The van der Waals surface area contributed by atoms with E-state index in [4.69, 9.17) is 4.74 Å². The highest BCUT2D eigenvalue weighted by Gasteiger charge is 2.32. The number of carbonyl (C=O) groups excluding carboxylic acids is 5. The van der Waals surface area contributed by atoms with Gasteiger partial charge in [-0.1, -0.05) is 97.1 Å². The van der Waals surface area contributed by atoms with Gasteiger partial charge in [0.1, 0.15) is 28.5 Å². The zero-order valence-corrected chi connectivity index (χ0v) is 39.5. The minimum atomic E-state index is -1.61. The van der Waals surface area contributed by atoms with Crippen LogP contribution in [0.15, 0.2) is 97.1 Å². The molecule has 1 atom stereocenters. The van der Waals surface area contributed by atoms with Gasteiger partial charge in [-0.3, -0.25) is 38.6 Å². The van der Waals surface area contributed by atoms with Crippen LogP contribution < -0.4 is 0 Å². The average Bonchev–Trinajstić information content (AvgIpc) is 3.23. The van der Waals surface area contributed by atoms with Crippen molar-refractivity contribution in [2.45, 2.75) is 115 Å². The van der Waals surface area contributed by atoms with Crippen molar-refractivity contribution in [1.29, 1.82) is 0 Å². The van der Waals surface area contributed by atoms with Crippen LogP contribution in [0, 0.1) is 0 Å². The van der Waals surface area contributed by atoms with Crippen LogP contribution in [0.5, 0.6) is 0 Å². The summed E-state index contributed by atoms with van der Waals surface area (Å²) in [7, 11) is 3.67. The molecule has 14 nitrogen and oxygen atoms in total. The minimum absolute atomic E-state index is 0.123. The quantitative estimate of drug-likeness (QED) is 0.0401. The minimum Gasteiger partial charge on any atom is -0.481 e. The third-order valence-electron chi connectivity index (χ3n) is 11.2. The molecule has 0 saturated heterocycles. The summed E-state index contributed by atoms with van der Waals surface area (Å²) >= 11 is 0. The van der Waals surface area contributed by atoms with Gasteiger partial charge in [-0.05, 0) is 98.2 Å². The Bertz CT molecular complexity index is 2210. The number of ether oxygens (including phenoxy) is 1. The van der Waals surface area contributed by atoms with Crippen LogP contribution in [-0.2, 0) is 14.3 Å². The fourth-order valence-corrected chi connectivity index (χ4v) is 7.63. The van der Waals surface area contributed by atoms with Crippen LogP contribution in [0.4, 0.5) is 0 Å². The van der Waals surface area contributed by atoms with Crippen molar-refractivity contribution in [1.82, 2.24) is 9.80 Å². The topological polar surface area (TPSA) is 219 Å². The maximum Gasteiger partial charge on any atom is 0.306 e. The van der Waals surface area contributed by atoms with Gasteiger partial charge >= 0.3 is 11.9 Å². The number of carboxylic acid groups (broad SMARTS) is 1. The van der Waals surface area contributed by atoms with E-state index in [1.807, 2.05) is 23.9 Å². The van der Waals surface area contributed by atoms with E-state index in [0.29, 0.717) is 28.8 Å². The normalized spacial score (nSPS) is 13.0. The number of aliphatic carboxylic acids is 1. The molecule has 4 rings (SSSR count). The Kier molecular flexibility index (Phi) is 17.0. The van der Waals surface area contributed by atoms with Gasteiger partial charge in [-0.25, -0.2) is 0 Å². The van der Waals surface area contributed by atoms with Crippen molar-refractivity contribution in [3.05, 3.63) is 142 Å². The van der Waals surface area contributed by atoms with Gasteiger partial charge in [0.25, 0.3) is 0 Å². The monoisotopic (exact) mass is 908 g/mol. The maximum atomic E-state index is 13.2. The number of hydrogen-bond acceptors (Lipinski definition) is 13. The average molecular weight is 909 g/mol. The van der Waals surface area contributed by atoms with Crippen molar-refractivity contribution < 1.29 is 59.0 Å². The van der Waals surface area contributed by atoms with E-state index in [9.17, 15) is 54.3 Å². The van der Waals surface area contributed by atoms with Gasteiger partial charge in [0.05, 0.1) is 24.9 Å². The molecule has 0 amide bonds. The largest absolute Gasteiger partial charge is 0.481 e. The number of nitrogens with zero attached hydrogens (tertiary/aromatic N) is 2. The molecule has 354 valence electrons. The summed E-state index contributed by atoms with van der Waals surface area (Å²) in [6.07, 6.45) is -1.37. The lowest BCUT2D eigenvalue weighted by molar-refractivity contribution is -0.153. The van der Waals surface area contributed by atoms with Crippen molar-refractivity contribution in [3.8, 4) is 0 Å². The van der Waals surface area contributed by atoms with Gasteiger partial charge in [-0.2, -0.15) is 0 Å². The molecule has 0 aliphatic rings. The number of carboxylic acids is 1. The zero-order chi connectivity index (χ0) is 49.5. The number of Topliss-reactive ketones (excluding diaryl/α,β-unsaturated/α-hetero) is 4. The van der Waals surface area contributed by atoms with E-state index in [2.05, 4.69) is 0 Å². The SMILES string of the molecule is CN(CCC(CN(C)C(c1ccc(C(=O)C(C)(C)O)cc1)c1ccc(C(=O)C(C)(C)O)cc1)OC(=O)CCC(=O)O)C(c1ccc(C(=O)C(C)(C)O)cc1)c1ccc(C(=O)C(C)(C)O)cc1. The summed E-state index contributed by atoms with van der Waals surface area (Å²) in [4.78, 5) is 80.3. The summed E-state index contributed by atoms with van der Waals surface area (Å²) in [5, 5.41) is 50.9. The van der Waals surface area contributed by atoms with Gasteiger partial charge in [0.2, 0.25) is 0 Å². The summed E-state index contributed by atoms with van der Waals surface area (Å²) in [5.41, 5.74) is -2.25. The third-order valence-corrected chi connectivity index (χ3v) is 11.2. The van der Waals surface area contributed by atoms with E-state index in [1.165, 1.54) is 55.4 Å². The smallest absolute Gasteiger partial charge is 0.306 e. The first-order chi connectivity index (χ1) is 30.5. The van der Waals surface area contributed by atoms with Crippen LogP contribution in [0.1, 0.15) is 150 Å². The second-order valence-corrected chi connectivity index (χ2v) is 19.1. The van der Waals surface area contributed by atoms with Crippen LogP contribution in [0.25, 0.3) is 0 Å². The lowest BCUT2D eigenvalue weighted by Crippen LogP contribution is -2.38. The number of ketones is 4. The first-order valence-corrected chi connectivity index (χ1v) is 21.8.